The van der Waals surface area contributed by atoms with Gasteiger partial charge < -0.3 is 10.1 Å². The van der Waals surface area contributed by atoms with Gasteiger partial charge in [-0.05, 0) is 30.7 Å². The number of carbonyl (C=O) groups excluding carboxylic acids is 1. The molecular formula is C22H18FN3O2. The Labute approximate surface area is 161 Å². The van der Waals surface area contributed by atoms with Crippen LogP contribution in [0.25, 0.3) is 16.9 Å². The van der Waals surface area contributed by atoms with E-state index < -0.39 is 5.82 Å². The van der Waals surface area contributed by atoms with Crippen LogP contribution in [-0.2, 0) is 4.79 Å². The Bertz CT molecular complexity index is 1140. The average Bonchev–Trinajstić information content (AvgIpc) is 3.07. The van der Waals surface area contributed by atoms with E-state index in [0.717, 1.165) is 16.8 Å². The molecule has 0 saturated heterocycles. The van der Waals surface area contributed by atoms with Crippen LogP contribution in [0, 0.1) is 12.7 Å². The fourth-order valence-electron chi connectivity index (χ4n) is 2.99. The fraction of sp³-hybridized carbons (Fsp3) is 0.0909. The number of pyridine rings is 1. The summed E-state index contributed by atoms with van der Waals surface area (Å²) in [5.74, 6) is 0.0939. The molecule has 0 fully saturated rings. The average molecular weight is 375 g/mol. The monoisotopic (exact) mass is 375 g/mol. The van der Waals surface area contributed by atoms with E-state index in [9.17, 15) is 9.18 Å². The van der Waals surface area contributed by atoms with Crippen molar-refractivity contribution in [2.24, 2.45) is 0 Å². The molecule has 1 amide bonds. The van der Waals surface area contributed by atoms with Crippen molar-refractivity contribution in [2.45, 2.75) is 6.92 Å². The van der Waals surface area contributed by atoms with Crippen LogP contribution in [0.15, 0.2) is 72.9 Å². The molecule has 2 aromatic carbocycles. The number of aromatic nitrogens is 2. The smallest absolute Gasteiger partial charge is 0.263 e. The summed E-state index contributed by atoms with van der Waals surface area (Å²) in [4.78, 5) is 17.2. The summed E-state index contributed by atoms with van der Waals surface area (Å²) in [5.41, 5.74) is 3.33. The van der Waals surface area contributed by atoms with Crippen molar-refractivity contribution < 1.29 is 13.9 Å². The highest BCUT2D eigenvalue weighted by atomic mass is 19.1. The van der Waals surface area contributed by atoms with Gasteiger partial charge in [-0.25, -0.2) is 9.37 Å². The van der Waals surface area contributed by atoms with Gasteiger partial charge in [0.2, 0.25) is 0 Å². The zero-order valence-corrected chi connectivity index (χ0v) is 15.2. The number of hydrogen-bond acceptors (Lipinski definition) is 3. The Morgan fingerprint density at radius 2 is 1.93 bits per heavy atom. The van der Waals surface area contributed by atoms with Gasteiger partial charge in [-0.1, -0.05) is 42.5 Å². The topological polar surface area (TPSA) is 55.6 Å². The standard InChI is InChI=1S/C22H18FN3O2/c1-15-7-6-12-26-21(15)25-20(16-8-3-2-4-9-16)22(26)24-19(27)14-28-18-11-5-10-17(23)13-18/h2-13H,14H2,1H3,(H,24,27). The van der Waals surface area contributed by atoms with Gasteiger partial charge >= 0.3 is 0 Å². The number of nitrogens with zero attached hydrogens (tertiary/aromatic N) is 2. The number of ether oxygens (including phenoxy) is 1. The molecule has 6 heteroatoms. The van der Waals surface area contributed by atoms with Crippen LogP contribution in [0.1, 0.15) is 5.56 Å². The van der Waals surface area contributed by atoms with Crippen molar-refractivity contribution in [1.82, 2.24) is 9.38 Å². The quantitative estimate of drug-likeness (QED) is 0.560. The minimum atomic E-state index is -0.415. The predicted octanol–water partition coefficient (Wildman–Crippen LogP) is 4.47. The maximum absolute atomic E-state index is 13.3. The molecule has 0 bridgehead atoms. The van der Waals surface area contributed by atoms with Gasteiger partial charge in [0, 0.05) is 17.8 Å². The third kappa shape index (κ3) is 3.57. The molecule has 140 valence electrons. The molecule has 0 unspecified atom stereocenters. The number of benzene rings is 2. The second-order valence-corrected chi connectivity index (χ2v) is 6.35. The van der Waals surface area contributed by atoms with Crippen molar-refractivity contribution in [3.05, 3.63) is 84.3 Å². The number of aryl methyl sites for hydroxylation is 1. The Kier molecular flexibility index (Phi) is 4.76. The fourth-order valence-corrected chi connectivity index (χ4v) is 2.99. The Balaban J connectivity index is 1.63. The summed E-state index contributed by atoms with van der Waals surface area (Å²) < 4.78 is 20.5. The minimum absolute atomic E-state index is 0.239. The number of rotatable bonds is 5. The molecule has 0 saturated carbocycles. The van der Waals surface area contributed by atoms with E-state index in [2.05, 4.69) is 5.32 Å². The predicted molar refractivity (Wildman–Crippen MR) is 106 cm³/mol. The number of anilines is 1. The summed E-state index contributed by atoms with van der Waals surface area (Å²) in [6, 6.07) is 19.2. The Hall–Kier alpha value is -3.67. The van der Waals surface area contributed by atoms with E-state index in [4.69, 9.17) is 9.72 Å². The summed E-state index contributed by atoms with van der Waals surface area (Å²) in [6.07, 6.45) is 1.85. The molecular weight excluding hydrogens is 357 g/mol. The molecule has 0 aliphatic heterocycles. The first kappa shape index (κ1) is 17.7. The zero-order chi connectivity index (χ0) is 19.5. The number of hydrogen-bond donors (Lipinski definition) is 1. The lowest BCUT2D eigenvalue weighted by Gasteiger charge is -2.09. The van der Waals surface area contributed by atoms with Crippen molar-refractivity contribution in [1.29, 1.82) is 0 Å². The molecule has 5 nitrogen and oxygen atoms in total. The van der Waals surface area contributed by atoms with Crippen LogP contribution < -0.4 is 10.1 Å². The molecule has 2 aromatic heterocycles. The van der Waals surface area contributed by atoms with Crippen LogP contribution in [-0.4, -0.2) is 21.9 Å². The number of nitrogens with one attached hydrogen (secondary N) is 1. The van der Waals surface area contributed by atoms with Gasteiger partial charge in [0.25, 0.3) is 5.91 Å². The second kappa shape index (κ2) is 7.52. The third-order valence-electron chi connectivity index (χ3n) is 4.32. The largest absolute Gasteiger partial charge is 0.484 e. The Morgan fingerprint density at radius 1 is 1.11 bits per heavy atom. The van der Waals surface area contributed by atoms with Gasteiger partial charge in [0.1, 0.15) is 28.7 Å². The minimum Gasteiger partial charge on any atom is -0.484 e. The molecule has 2 heterocycles. The van der Waals surface area contributed by atoms with Crippen LogP contribution >= 0.6 is 0 Å². The van der Waals surface area contributed by atoms with Gasteiger partial charge in [0.15, 0.2) is 6.61 Å². The summed E-state index contributed by atoms with van der Waals surface area (Å²) in [5, 5.41) is 2.89. The van der Waals surface area contributed by atoms with Gasteiger partial charge in [-0.3, -0.25) is 9.20 Å². The summed E-state index contributed by atoms with van der Waals surface area (Å²) >= 11 is 0. The highest BCUT2D eigenvalue weighted by Crippen LogP contribution is 2.29. The second-order valence-electron chi connectivity index (χ2n) is 6.35. The first-order valence-electron chi connectivity index (χ1n) is 8.83. The molecule has 0 aliphatic rings. The Morgan fingerprint density at radius 3 is 2.71 bits per heavy atom. The van der Waals surface area contributed by atoms with Crippen LogP contribution in [0.4, 0.5) is 10.2 Å². The van der Waals surface area contributed by atoms with Crippen molar-refractivity contribution in [3.8, 4) is 17.0 Å². The maximum atomic E-state index is 13.3. The zero-order valence-electron chi connectivity index (χ0n) is 15.2. The van der Waals surface area contributed by atoms with Crippen molar-refractivity contribution >= 4 is 17.4 Å². The highest BCUT2D eigenvalue weighted by molar-refractivity contribution is 5.95. The first-order chi connectivity index (χ1) is 13.6. The van der Waals surface area contributed by atoms with Crippen molar-refractivity contribution in [2.75, 3.05) is 11.9 Å². The molecule has 4 aromatic rings. The third-order valence-corrected chi connectivity index (χ3v) is 4.32. The van der Waals surface area contributed by atoms with E-state index in [1.165, 1.54) is 18.2 Å². The van der Waals surface area contributed by atoms with Gasteiger partial charge in [-0.15, -0.1) is 0 Å². The van der Waals surface area contributed by atoms with Gasteiger partial charge in [0.05, 0.1) is 0 Å². The summed E-state index contributed by atoms with van der Waals surface area (Å²) in [7, 11) is 0. The van der Waals surface area contributed by atoms with E-state index in [1.807, 2.05) is 60.0 Å². The molecule has 0 radical (unpaired) electrons. The molecule has 1 N–H and O–H groups in total. The maximum Gasteiger partial charge on any atom is 0.263 e. The van der Waals surface area contributed by atoms with Crippen molar-refractivity contribution in [3.63, 3.8) is 0 Å². The lowest BCUT2D eigenvalue weighted by atomic mass is 10.1. The highest BCUT2D eigenvalue weighted by Gasteiger charge is 2.17. The first-order valence-corrected chi connectivity index (χ1v) is 8.83. The van der Waals surface area contributed by atoms with Crippen LogP contribution in [0.3, 0.4) is 0 Å². The molecule has 0 atom stereocenters. The van der Waals surface area contributed by atoms with E-state index in [-0.39, 0.29) is 12.5 Å². The number of fused-ring (bicyclic) bond motifs is 1. The number of amides is 1. The molecule has 0 spiro atoms. The normalized spacial score (nSPS) is 10.8. The number of imidazole rings is 1. The lowest BCUT2D eigenvalue weighted by molar-refractivity contribution is -0.118. The summed E-state index contributed by atoms with van der Waals surface area (Å²) in [6.45, 7) is 1.73. The SMILES string of the molecule is Cc1cccn2c(NC(=O)COc3cccc(F)c3)c(-c3ccccc3)nc12. The van der Waals surface area contributed by atoms with Crippen LogP contribution in [0.2, 0.25) is 0 Å². The van der Waals surface area contributed by atoms with E-state index >= 15 is 0 Å². The molecule has 28 heavy (non-hydrogen) atoms. The molecule has 0 aliphatic carbocycles. The van der Waals surface area contributed by atoms with E-state index in [0.29, 0.717) is 17.3 Å². The number of carbonyl (C=O) groups is 1. The number of halogens is 1. The van der Waals surface area contributed by atoms with Crippen LogP contribution in [0.5, 0.6) is 5.75 Å². The van der Waals surface area contributed by atoms with Gasteiger partial charge in [-0.2, -0.15) is 0 Å². The van der Waals surface area contributed by atoms with E-state index in [1.54, 1.807) is 6.07 Å². The molecule has 4 rings (SSSR count). The lowest BCUT2D eigenvalue weighted by Crippen LogP contribution is -2.21.